The van der Waals surface area contributed by atoms with Crippen molar-refractivity contribution in [3.8, 4) is 17.2 Å². The summed E-state index contributed by atoms with van der Waals surface area (Å²) >= 11 is 0. The highest BCUT2D eigenvalue weighted by Crippen LogP contribution is 2.20. The minimum atomic E-state index is 0.745. The maximum absolute atomic E-state index is 4.27. The van der Waals surface area contributed by atoms with Crippen molar-refractivity contribution in [1.82, 2.24) is 24.7 Å². The summed E-state index contributed by atoms with van der Waals surface area (Å²) in [6.07, 6.45) is 3.35. The van der Waals surface area contributed by atoms with Gasteiger partial charge in [-0.1, -0.05) is 18.2 Å². The second-order valence-electron chi connectivity index (χ2n) is 3.74. The van der Waals surface area contributed by atoms with Gasteiger partial charge in [-0.05, 0) is 19.1 Å². The summed E-state index contributed by atoms with van der Waals surface area (Å²) in [4.78, 5) is 7.31. The van der Waals surface area contributed by atoms with Gasteiger partial charge in [0.05, 0.1) is 6.33 Å². The number of benzene rings is 1. The minimum Gasteiger partial charge on any atom is -0.348 e. The highest BCUT2D eigenvalue weighted by Gasteiger charge is 2.12. The number of aromatic amines is 1. The lowest BCUT2D eigenvalue weighted by atomic mass is 10.3. The summed E-state index contributed by atoms with van der Waals surface area (Å²) in [5.41, 5.74) is 2.83. The first-order valence-electron chi connectivity index (χ1n) is 5.32. The first-order valence-corrected chi connectivity index (χ1v) is 5.32. The number of hydrogen-bond acceptors (Lipinski definition) is 3. The van der Waals surface area contributed by atoms with Crippen molar-refractivity contribution in [2.24, 2.45) is 0 Å². The standard InChI is InChI=1S/C12H11N5/c1-9-11(14-7-13-9)12-16-15-8-17(12)10-5-3-2-4-6-10/h2-8H,1H3,(H,13,14). The third kappa shape index (κ3) is 1.61. The largest absolute Gasteiger partial charge is 0.348 e. The molecule has 0 spiro atoms. The van der Waals surface area contributed by atoms with Crippen LogP contribution in [0.4, 0.5) is 0 Å². The Bertz CT molecular complexity index is 623. The van der Waals surface area contributed by atoms with Crippen LogP contribution < -0.4 is 0 Å². The molecule has 1 N–H and O–H groups in total. The van der Waals surface area contributed by atoms with Crippen molar-refractivity contribution in [2.45, 2.75) is 6.92 Å². The maximum atomic E-state index is 4.27. The summed E-state index contributed by atoms with van der Waals surface area (Å²) in [7, 11) is 0. The van der Waals surface area contributed by atoms with Gasteiger partial charge in [-0.2, -0.15) is 0 Å². The van der Waals surface area contributed by atoms with Crippen molar-refractivity contribution < 1.29 is 0 Å². The van der Waals surface area contributed by atoms with E-state index in [0.29, 0.717) is 0 Å². The number of imidazole rings is 1. The van der Waals surface area contributed by atoms with Crippen LogP contribution in [0, 0.1) is 6.92 Å². The number of para-hydroxylation sites is 1. The zero-order valence-electron chi connectivity index (χ0n) is 9.33. The summed E-state index contributed by atoms with van der Waals surface area (Å²) < 4.78 is 1.92. The van der Waals surface area contributed by atoms with Crippen molar-refractivity contribution in [3.05, 3.63) is 48.7 Å². The Labute approximate surface area is 98.2 Å². The monoisotopic (exact) mass is 225 g/mol. The third-order valence-corrected chi connectivity index (χ3v) is 2.62. The van der Waals surface area contributed by atoms with Gasteiger partial charge in [0, 0.05) is 11.4 Å². The Hall–Kier alpha value is -2.43. The van der Waals surface area contributed by atoms with E-state index in [4.69, 9.17) is 0 Å². The Morgan fingerprint density at radius 1 is 1.18 bits per heavy atom. The second kappa shape index (κ2) is 3.86. The molecule has 0 fully saturated rings. The lowest BCUT2D eigenvalue weighted by Gasteiger charge is -2.04. The molecule has 0 aliphatic heterocycles. The summed E-state index contributed by atoms with van der Waals surface area (Å²) in [6, 6.07) is 9.96. The highest BCUT2D eigenvalue weighted by atomic mass is 15.3. The number of aromatic nitrogens is 5. The average molecular weight is 225 g/mol. The van der Waals surface area contributed by atoms with Crippen molar-refractivity contribution in [3.63, 3.8) is 0 Å². The first-order chi connectivity index (χ1) is 8.36. The number of nitrogens with one attached hydrogen (secondary N) is 1. The average Bonchev–Trinajstić information content (AvgIpc) is 2.98. The molecule has 0 bridgehead atoms. The normalized spacial score (nSPS) is 10.6. The van der Waals surface area contributed by atoms with E-state index in [9.17, 15) is 0 Å². The molecule has 1 aromatic carbocycles. The lowest BCUT2D eigenvalue weighted by molar-refractivity contribution is 1.05. The van der Waals surface area contributed by atoms with Gasteiger partial charge in [0.1, 0.15) is 12.0 Å². The predicted molar refractivity (Wildman–Crippen MR) is 63.7 cm³/mol. The van der Waals surface area contributed by atoms with Crippen LogP contribution in [0.3, 0.4) is 0 Å². The number of rotatable bonds is 2. The van der Waals surface area contributed by atoms with Gasteiger partial charge in [0.2, 0.25) is 0 Å². The SMILES string of the molecule is Cc1[nH]cnc1-c1nncn1-c1ccccc1. The fraction of sp³-hybridized carbons (Fsp3) is 0.0833. The molecule has 17 heavy (non-hydrogen) atoms. The molecule has 2 aromatic heterocycles. The van der Waals surface area contributed by atoms with Crippen molar-refractivity contribution in [2.75, 3.05) is 0 Å². The van der Waals surface area contributed by atoms with Crippen LogP contribution in [0.15, 0.2) is 43.0 Å². The predicted octanol–water partition coefficient (Wildman–Crippen LogP) is 1.97. The van der Waals surface area contributed by atoms with E-state index in [1.54, 1.807) is 12.7 Å². The molecular formula is C12H11N5. The summed E-state index contributed by atoms with van der Waals surface area (Å²) in [5.74, 6) is 0.745. The van der Waals surface area contributed by atoms with Crippen LogP contribution in [0.2, 0.25) is 0 Å². The van der Waals surface area contributed by atoms with Gasteiger partial charge in [-0.15, -0.1) is 10.2 Å². The number of nitrogens with zero attached hydrogens (tertiary/aromatic N) is 4. The van der Waals surface area contributed by atoms with E-state index in [1.807, 2.05) is 41.8 Å². The van der Waals surface area contributed by atoms with E-state index in [1.165, 1.54) is 0 Å². The molecule has 3 rings (SSSR count). The molecule has 0 amide bonds. The molecule has 0 saturated heterocycles. The smallest absolute Gasteiger partial charge is 0.188 e. The topological polar surface area (TPSA) is 59.4 Å². The van der Waals surface area contributed by atoms with Gasteiger partial charge < -0.3 is 4.98 Å². The zero-order chi connectivity index (χ0) is 11.7. The highest BCUT2D eigenvalue weighted by molar-refractivity contribution is 5.55. The molecule has 0 saturated carbocycles. The Morgan fingerprint density at radius 2 is 2.00 bits per heavy atom. The number of H-pyrrole nitrogens is 1. The molecule has 5 nitrogen and oxygen atoms in total. The van der Waals surface area contributed by atoms with Gasteiger partial charge in [-0.3, -0.25) is 4.57 Å². The fourth-order valence-corrected chi connectivity index (χ4v) is 1.76. The van der Waals surface area contributed by atoms with Crippen LogP contribution in [-0.2, 0) is 0 Å². The molecule has 0 radical (unpaired) electrons. The minimum absolute atomic E-state index is 0.745. The molecular weight excluding hydrogens is 214 g/mol. The lowest BCUT2D eigenvalue weighted by Crippen LogP contribution is -1.97. The maximum Gasteiger partial charge on any atom is 0.188 e. The molecule has 2 heterocycles. The fourth-order valence-electron chi connectivity index (χ4n) is 1.76. The molecule has 5 heteroatoms. The van der Waals surface area contributed by atoms with Crippen LogP contribution >= 0.6 is 0 Å². The quantitative estimate of drug-likeness (QED) is 0.725. The molecule has 3 aromatic rings. The van der Waals surface area contributed by atoms with E-state index >= 15 is 0 Å². The van der Waals surface area contributed by atoms with Crippen LogP contribution in [0.25, 0.3) is 17.2 Å². The Kier molecular flexibility index (Phi) is 2.22. The zero-order valence-corrected chi connectivity index (χ0v) is 9.33. The van der Waals surface area contributed by atoms with E-state index in [-0.39, 0.29) is 0 Å². The summed E-state index contributed by atoms with van der Waals surface area (Å²) in [5, 5.41) is 8.08. The van der Waals surface area contributed by atoms with Crippen molar-refractivity contribution >= 4 is 0 Å². The summed E-state index contributed by atoms with van der Waals surface area (Å²) in [6.45, 7) is 1.96. The second-order valence-corrected chi connectivity index (χ2v) is 3.74. The first kappa shape index (κ1) is 9.77. The van der Waals surface area contributed by atoms with Gasteiger partial charge in [-0.25, -0.2) is 4.98 Å². The van der Waals surface area contributed by atoms with Crippen LogP contribution in [0.5, 0.6) is 0 Å². The number of aryl methyl sites for hydroxylation is 1. The van der Waals surface area contributed by atoms with Crippen LogP contribution in [-0.4, -0.2) is 24.7 Å². The Balaban J connectivity index is 2.16. The molecule has 84 valence electrons. The van der Waals surface area contributed by atoms with Gasteiger partial charge in [0.25, 0.3) is 0 Å². The van der Waals surface area contributed by atoms with E-state index in [2.05, 4.69) is 20.2 Å². The molecule has 0 aliphatic carbocycles. The Morgan fingerprint density at radius 3 is 2.71 bits per heavy atom. The van der Waals surface area contributed by atoms with E-state index < -0.39 is 0 Å². The molecule has 0 aliphatic rings. The van der Waals surface area contributed by atoms with Crippen LogP contribution in [0.1, 0.15) is 5.69 Å². The van der Waals surface area contributed by atoms with E-state index in [0.717, 1.165) is 22.9 Å². The third-order valence-electron chi connectivity index (χ3n) is 2.62. The number of hydrogen-bond donors (Lipinski definition) is 1. The van der Waals surface area contributed by atoms with Gasteiger partial charge in [0.15, 0.2) is 5.82 Å². The van der Waals surface area contributed by atoms with Crippen molar-refractivity contribution in [1.29, 1.82) is 0 Å². The van der Waals surface area contributed by atoms with Gasteiger partial charge >= 0.3 is 0 Å². The molecule has 0 unspecified atom stereocenters. The molecule has 0 atom stereocenters.